The van der Waals surface area contributed by atoms with Crippen molar-refractivity contribution in [2.45, 2.75) is 19.4 Å². The van der Waals surface area contributed by atoms with Crippen LogP contribution in [0.5, 0.6) is 0 Å². The number of fused-ring (bicyclic) bond motifs is 1. The number of imide groups is 1. The molecule has 0 saturated heterocycles. The number of halogens is 1. The van der Waals surface area contributed by atoms with Gasteiger partial charge in [-0.25, -0.2) is 0 Å². The molecular weight excluding hydrogens is 286 g/mol. The van der Waals surface area contributed by atoms with Crippen molar-refractivity contribution in [1.29, 1.82) is 0 Å². The van der Waals surface area contributed by atoms with Crippen molar-refractivity contribution in [1.82, 2.24) is 4.90 Å². The number of hydrogen-bond donors (Lipinski definition) is 1. The number of amides is 2. The molecule has 0 fully saturated rings. The fraction of sp³-hybridized carbons (Fsp3) is 0.333. The largest absolute Gasteiger partial charge is 0.389 e. The number of rotatable bonds is 2. The Morgan fingerprint density at radius 3 is 2.41 bits per heavy atom. The Bertz CT molecular complexity index is 505. The van der Waals surface area contributed by atoms with Crippen molar-refractivity contribution in [2.75, 3.05) is 6.54 Å². The number of aliphatic hydroxyl groups is 1. The van der Waals surface area contributed by atoms with E-state index in [9.17, 15) is 14.7 Å². The van der Waals surface area contributed by atoms with Crippen LogP contribution in [-0.4, -0.2) is 34.0 Å². The molecule has 1 aliphatic heterocycles. The van der Waals surface area contributed by atoms with Crippen LogP contribution in [0.15, 0.2) is 22.7 Å². The maximum atomic E-state index is 12.0. The molecule has 0 atom stereocenters. The molecule has 0 bridgehead atoms. The molecule has 0 spiro atoms. The fourth-order valence-corrected chi connectivity index (χ4v) is 2.15. The predicted molar refractivity (Wildman–Crippen MR) is 65.8 cm³/mol. The molecule has 90 valence electrons. The van der Waals surface area contributed by atoms with E-state index in [1.165, 1.54) is 0 Å². The quantitative estimate of drug-likeness (QED) is 0.847. The molecule has 5 heteroatoms. The number of carbonyl (C=O) groups excluding carboxylic acids is 2. The second-order valence-electron chi connectivity index (χ2n) is 4.70. The van der Waals surface area contributed by atoms with Crippen LogP contribution in [0.1, 0.15) is 34.6 Å². The molecule has 1 aromatic rings. The molecule has 17 heavy (non-hydrogen) atoms. The number of nitrogens with zero attached hydrogens (tertiary/aromatic N) is 1. The molecule has 0 unspecified atom stereocenters. The molecule has 1 N–H and O–H groups in total. The summed E-state index contributed by atoms with van der Waals surface area (Å²) in [6, 6.07) is 4.96. The Kier molecular flexibility index (Phi) is 2.83. The van der Waals surface area contributed by atoms with E-state index in [1.807, 2.05) is 0 Å². The second kappa shape index (κ2) is 3.92. The zero-order valence-electron chi connectivity index (χ0n) is 9.53. The average Bonchev–Trinajstić information content (AvgIpc) is 2.42. The summed E-state index contributed by atoms with van der Waals surface area (Å²) in [5.74, 6) is -0.701. The van der Waals surface area contributed by atoms with Crippen LogP contribution >= 0.6 is 15.9 Å². The van der Waals surface area contributed by atoms with E-state index < -0.39 is 5.60 Å². The van der Waals surface area contributed by atoms with Crippen molar-refractivity contribution < 1.29 is 14.7 Å². The molecule has 4 nitrogen and oxygen atoms in total. The molecule has 0 saturated carbocycles. The molecule has 0 aromatic heterocycles. The summed E-state index contributed by atoms with van der Waals surface area (Å²) in [6.07, 6.45) is 0. The van der Waals surface area contributed by atoms with Crippen LogP contribution < -0.4 is 0 Å². The van der Waals surface area contributed by atoms with Gasteiger partial charge in [0, 0.05) is 4.47 Å². The normalized spacial score (nSPS) is 15.4. The Morgan fingerprint density at radius 2 is 1.82 bits per heavy atom. The van der Waals surface area contributed by atoms with Crippen molar-refractivity contribution in [3.8, 4) is 0 Å². The van der Waals surface area contributed by atoms with E-state index in [-0.39, 0.29) is 18.4 Å². The lowest BCUT2D eigenvalue weighted by atomic mass is 10.1. The van der Waals surface area contributed by atoms with Crippen LogP contribution in [0.2, 0.25) is 0 Å². The third kappa shape index (κ3) is 2.25. The number of hydrogen-bond acceptors (Lipinski definition) is 3. The van der Waals surface area contributed by atoms with Crippen molar-refractivity contribution >= 4 is 27.7 Å². The zero-order chi connectivity index (χ0) is 12.8. The lowest BCUT2D eigenvalue weighted by Gasteiger charge is -2.23. The molecule has 2 amide bonds. The first-order chi connectivity index (χ1) is 7.79. The third-order valence-electron chi connectivity index (χ3n) is 2.48. The molecule has 0 radical (unpaired) electrons. The van der Waals surface area contributed by atoms with Crippen molar-refractivity contribution in [2.24, 2.45) is 0 Å². The first-order valence-corrected chi connectivity index (χ1v) is 5.97. The SMILES string of the molecule is CC(C)(O)CN1C(=O)c2ccc(Br)cc2C1=O. The van der Waals surface area contributed by atoms with Gasteiger partial charge in [-0.15, -0.1) is 0 Å². The number of β-amino-alcohol motifs (C(OH)–C–C–N with tert-alkyl or cyclic N) is 1. The highest BCUT2D eigenvalue weighted by molar-refractivity contribution is 9.10. The summed E-state index contributed by atoms with van der Waals surface area (Å²) in [5.41, 5.74) is -0.319. The van der Waals surface area contributed by atoms with E-state index in [0.29, 0.717) is 11.1 Å². The summed E-state index contributed by atoms with van der Waals surface area (Å²) >= 11 is 3.26. The monoisotopic (exact) mass is 297 g/mol. The minimum atomic E-state index is -1.09. The van der Waals surface area contributed by atoms with Gasteiger partial charge < -0.3 is 5.11 Å². The van der Waals surface area contributed by atoms with Crippen molar-refractivity contribution in [3.05, 3.63) is 33.8 Å². The van der Waals surface area contributed by atoms with E-state index in [2.05, 4.69) is 15.9 Å². The first-order valence-electron chi connectivity index (χ1n) is 5.18. The molecule has 1 heterocycles. The molecular formula is C12H12BrNO3. The maximum Gasteiger partial charge on any atom is 0.261 e. The zero-order valence-corrected chi connectivity index (χ0v) is 11.1. The van der Waals surface area contributed by atoms with Crippen LogP contribution in [0.25, 0.3) is 0 Å². The van der Waals surface area contributed by atoms with Gasteiger partial charge in [0.15, 0.2) is 0 Å². The van der Waals surface area contributed by atoms with Gasteiger partial charge in [-0.2, -0.15) is 0 Å². The van der Waals surface area contributed by atoms with Gasteiger partial charge in [0.1, 0.15) is 0 Å². The van der Waals surface area contributed by atoms with Crippen LogP contribution in [0.4, 0.5) is 0 Å². The standard InChI is InChI=1S/C12H12BrNO3/c1-12(2,17)6-14-10(15)8-4-3-7(13)5-9(8)11(14)16/h3-5,17H,6H2,1-2H3. The second-order valence-corrected chi connectivity index (χ2v) is 5.61. The first kappa shape index (κ1) is 12.3. The van der Waals surface area contributed by atoms with Gasteiger partial charge in [0.2, 0.25) is 0 Å². The summed E-state index contributed by atoms with van der Waals surface area (Å²) < 4.78 is 0.752. The highest BCUT2D eigenvalue weighted by Crippen LogP contribution is 2.27. The minimum Gasteiger partial charge on any atom is -0.389 e. The summed E-state index contributed by atoms with van der Waals surface area (Å²) in [4.78, 5) is 25.1. The van der Waals surface area contributed by atoms with Gasteiger partial charge in [-0.05, 0) is 32.0 Å². The Hall–Kier alpha value is -1.20. The highest BCUT2D eigenvalue weighted by atomic mass is 79.9. The maximum absolute atomic E-state index is 12.0. The number of benzene rings is 1. The lowest BCUT2D eigenvalue weighted by Crippen LogP contribution is -2.41. The summed E-state index contributed by atoms with van der Waals surface area (Å²) in [5, 5.41) is 9.69. The van der Waals surface area contributed by atoms with E-state index in [4.69, 9.17) is 0 Å². The number of carbonyl (C=O) groups is 2. The molecule has 0 aliphatic carbocycles. The van der Waals surface area contributed by atoms with Gasteiger partial charge in [0.05, 0.1) is 23.3 Å². The van der Waals surface area contributed by atoms with Gasteiger partial charge >= 0.3 is 0 Å². The topological polar surface area (TPSA) is 57.6 Å². The predicted octanol–water partition coefficient (Wildman–Crippen LogP) is 1.82. The van der Waals surface area contributed by atoms with Gasteiger partial charge in [-0.1, -0.05) is 15.9 Å². The summed E-state index contributed by atoms with van der Waals surface area (Å²) in [7, 11) is 0. The third-order valence-corrected chi connectivity index (χ3v) is 2.97. The lowest BCUT2D eigenvalue weighted by molar-refractivity contribution is 0.0297. The van der Waals surface area contributed by atoms with Crippen LogP contribution in [-0.2, 0) is 0 Å². The fourth-order valence-electron chi connectivity index (χ4n) is 1.79. The Labute approximate surface area is 107 Å². The highest BCUT2D eigenvalue weighted by Gasteiger charge is 2.37. The van der Waals surface area contributed by atoms with E-state index >= 15 is 0 Å². The van der Waals surface area contributed by atoms with Crippen LogP contribution in [0.3, 0.4) is 0 Å². The average molecular weight is 298 g/mol. The van der Waals surface area contributed by atoms with Gasteiger partial charge in [-0.3, -0.25) is 14.5 Å². The van der Waals surface area contributed by atoms with E-state index in [1.54, 1.807) is 32.0 Å². The minimum absolute atomic E-state index is 0.00301. The molecule has 1 aromatic carbocycles. The Morgan fingerprint density at radius 1 is 1.24 bits per heavy atom. The molecule has 2 rings (SSSR count). The van der Waals surface area contributed by atoms with Crippen LogP contribution in [0, 0.1) is 0 Å². The van der Waals surface area contributed by atoms with Crippen molar-refractivity contribution in [3.63, 3.8) is 0 Å². The van der Waals surface area contributed by atoms with E-state index in [0.717, 1.165) is 9.37 Å². The molecule has 1 aliphatic rings. The van der Waals surface area contributed by atoms with Gasteiger partial charge in [0.25, 0.3) is 11.8 Å². The summed E-state index contributed by atoms with van der Waals surface area (Å²) in [6.45, 7) is 3.12. The Balaban J connectivity index is 2.39. The smallest absolute Gasteiger partial charge is 0.261 e.